The lowest BCUT2D eigenvalue weighted by molar-refractivity contribution is -0.137. The Labute approximate surface area is 145 Å². The largest absolute Gasteiger partial charge is 0.496 e. The van der Waals surface area contributed by atoms with Crippen LogP contribution in [0.5, 0.6) is 5.75 Å². The molecule has 1 aromatic rings. The molecule has 25 heavy (non-hydrogen) atoms. The van der Waals surface area contributed by atoms with Crippen LogP contribution in [0, 0.1) is 5.92 Å². The molecule has 1 heterocycles. The fourth-order valence-electron chi connectivity index (χ4n) is 2.37. The van der Waals surface area contributed by atoms with E-state index in [-0.39, 0.29) is 17.8 Å². The van der Waals surface area contributed by atoms with E-state index in [9.17, 15) is 18.0 Å². The predicted molar refractivity (Wildman–Crippen MR) is 88.3 cm³/mol. The molecule has 0 aromatic heterocycles. The molecule has 0 saturated carbocycles. The van der Waals surface area contributed by atoms with Crippen LogP contribution in [0.1, 0.15) is 31.9 Å². The van der Waals surface area contributed by atoms with Gasteiger partial charge in [-0.3, -0.25) is 0 Å². The maximum absolute atomic E-state index is 12.7. The molecule has 0 unspecified atom stereocenters. The highest BCUT2D eigenvalue weighted by Gasteiger charge is 2.33. The molecule has 1 saturated heterocycles. The van der Waals surface area contributed by atoms with Gasteiger partial charge >= 0.3 is 12.3 Å². The SMILES string of the molecule is COc1cc(C(F)(F)F)ccc1C=CC1CN(C(=O)OC(C)(C)C)C1. The summed E-state index contributed by atoms with van der Waals surface area (Å²) in [5, 5.41) is 0. The van der Waals surface area contributed by atoms with Gasteiger partial charge in [0.2, 0.25) is 0 Å². The molecule has 0 aliphatic carbocycles. The average molecular weight is 357 g/mol. The summed E-state index contributed by atoms with van der Waals surface area (Å²) in [7, 11) is 1.33. The summed E-state index contributed by atoms with van der Waals surface area (Å²) < 4.78 is 48.5. The van der Waals surface area contributed by atoms with Crippen molar-refractivity contribution in [2.45, 2.75) is 32.5 Å². The highest BCUT2D eigenvalue weighted by atomic mass is 19.4. The number of alkyl halides is 3. The Kier molecular flexibility index (Phi) is 5.34. The van der Waals surface area contributed by atoms with Gasteiger partial charge in [-0.1, -0.05) is 18.2 Å². The molecule has 0 bridgehead atoms. The second kappa shape index (κ2) is 6.98. The normalized spacial score (nSPS) is 16.0. The number of hydrogen-bond acceptors (Lipinski definition) is 3. The predicted octanol–water partition coefficient (Wildman–Crippen LogP) is 4.59. The first-order chi connectivity index (χ1) is 11.5. The Bertz CT molecular complexity index is 657. The van der Waals surface area contributed by atoms with E-state index in [0.717, 1.165) is 12.1 Å². The molecule has 1 aromatic carbocycles. The van der Waals surface area contributed by atoms with Crippen LogP contribution in [0.2, 0.25) is 0 Å². The summed E-state index contributed by atoms with van der Waals surface area (Å²) >= 11 is 0. The monoisotopic (exact) mass is 357 g/mol. The fourth-order valence-corrected chi connectivity index (χ4v) is 2.37. The van der Waals surface area contributed by atoms with Crippen molar-refractivity contribution in [1.29, 1.82) is 0 Å². The van der Waals surface area contributed by atoms with Crippen molar-refractivity contribution < 1.29 is 27.4 Å². The molecule has 1 amide bonds. The summed E-state index contributed by atoms with van der Waals surface area (Å²) in [6.07, 6.45) is -1.18. The maximum Gasteiger partial charge on any atom is 0.416 e. The lowest BCUT2D eigenvalue weighted by Crippen LogP contribution is -2.50. The number of rotatable bonds is 3. The van der Waals surface area contributed by atoms with E-state index in [4.69, 9.17) is 9.47 Å². The number of nitrogens with zero attached hydrogens (tertiary/aromatic N) is 1. The number of halogens is 3. The van der Waals surface area contributed by atoms with Gasteiger partial charge in [0.25, 0.3) is 0 Å². The third kappa shape index (κ3) is 5.14. The highest BCUT2D eigenvalue weighted by Crippen LogP contribution is 2.33. The molecule has 2 rings (SSSR count). The van der Waals surface area contributed by atoms with Crippen molar-refractivity contribution in [1.82, 2.24) is 4.90 Å². The number of carbonyl (C=O) groups excluding carboxylic acids is 1. The molecule has 1 fully saturated rings. The second-order valence-electron chi connectivity index (χ2n) is 6.96. The first kappa shape index (κ1) is 19.1. The molecule has 4 nitrogen and oxygen atoms in total. The summed E-state index contributed by atoms with van der Waals surface area (Å²) in [5.74, 6) is 0.300. The van der Waals surface area contributed by atoms with Gasteiger partial charge < -0.3 is 14.4 Å². The third-order valence-corrected chi connectivity index (χ3v) is 3.67. The van der Waals surface area contributed by atoms with E-state index < -0.39 is 17.3 Å². The van der Waals surface area contributed by atoms with Gasteiger partial charge in [-0.2, -0.15) is 13.2 Å². The van der Waals surface area contributed by atoms with Crippen LogP contribution in [-0.2, 0) is 10.9 Å². The zero-order valence-corrected chi connectivity index (χ0v) is 14.7. The number of benzene rings is 1. The minimum atomic E-state index is -4.41. The van der Waals surface area contributed by atoms with Crippen molar-refractivity contribution in [3.63, 3.8) is 0 Å². The fraction of sp³-hybridized carbons (Fsp3) is 0.500. The van der Waals surface area contributed by atoms with Gasteiger partial charge in [-0.25, -0.2) is 4.79 Å². The van der Waals surface area contributed by atoms with Crippen LogP contribution in [0.4, 0.5) is 18.0 Å². The number of amides is 1. The highest BCUT2D eigenvalue weighted by molar-refractivity contribution is 5.69. The van der Waals surface area contributed by atoms with Crippen LogP contribution in [-0.4, -0.2) is 36.8 Å². The lowest BCUT2D eigenvalue weighted by atomic mass is 9.98. The van der Waals surface area contributed by atoms with Crippen molar-refractivity contribution in [3.05, 3.63) is 35.4 Å². The number of hydrogen-bond donors (Lipinski definition) is 0. The van der Waals surface area contributed by atoms with Crippen LogP contribution in [0.15, 0.2) is 24.3 Å². The van der Waals surface area contributed by atoms with Gasteiger partial charge in [-0.15, -0.1) is 0 Å². The number of likely N-dealkylation sites (tertiary alicyclic amines) is 1. The summed E-state index contributed by atoms with van der Waals surface area (Å²) in [6.45, 7) is 6.46. The quantitative estimate of drug-likeness (QED) is 0.794. The minimum Gasteiger partial charge on any atom is -0.496 e. The first-order valence-corrected chi connectivity index (χ1v) is 7.91. The summed E-state index contributed by atoms with van der Waals surface area (Å²) in [5.41, 5.74) is -0.724. The van der Waals surface area contributed by atoms with Gasteiger partial charge in [0.05, 0.1) is 12.7 Å². The van der Waals surface area contributed by atoms with Gasteiger partial charge in [0.1, 0.15) is 11.4 Å². The minimum absolute atomic E-state index is 0.138. The van der Waals surface area contributed by atoms with Crippen molar-refractivity contribution in [2.75, 3.05) is 20.2 Å². The first-order valence-electron chi connectivity index (χ1n) is 7.91. The van der Waals surface area contributed by atoms with E-state index in [1.807, 2.05) is 6.08 Å². The number of ether oxygens (including phenoxy) is 2. The molecule has 0 radical (unpaired) electrons. The van der Waals surface area contributed by atoms with E-state index >= 15 is 0 Å². The summed E-state index contributed by atoms with van der Waals surface area (Å²) in [6, 6.07) is 3.38. The molecule has 0 N–H and O–H groups in total. The Morgan fingerprint density at radius 3 is 2.40 bits per heavy atom. The van der Waals surface area contributed by atoms with Crippen molar-refractivity contribution in [2.24, 2.45) is 5.92 Å². The Hall–Kier alpha value is -2.18. The smallest absolute Gasteiger partial charge is 0.416 e. The Balaban J connectivity index is 1.97. The molecule has 0 spiro atoms. The van der Waals surface area contributed by atoms with Crippen LogP contribution in [0.25, 0.3) is 6.08 Å². The van der Waals surface area contributed by atoms with E-state index in [0.29, 0.717) is 18.7 Å². The van der Waals surface area contributed by atoms with E-state index in [2.05, 4.69) is 0 Å². The molecule has 7 heteroatoms. The van der Waals surface area contributed by atoms with Gasteiger partial charge in [-0.05, 0) is 32.9 Å². The lowest BCUT2D eigenvalue weighted by Gasteiger charge is -2.38. The second-order valence-corrected chi connectivity index (χ2v) is 6.96. The van der Waals surface area contributed by atoms with Crippen molar-refractivity contribution in [3.8, 4) is 5.75 Å². The van der Waals surface area contributed by atoms with Gasteiger partial charge in [0, 0.05) is 24.6 Å². The Morgan fingerprint density at radius 1 is 1.24 bits per heavy atom. The molecular formula is C18H22F3NO3. The number of methoxy groups -OCH3 is 1. The van der Waals surface area contributed by atoms with Crippen LogP contribution in [0.3, 0.4) is 0 Å². The summed E-state index contributed by atoms with van der Waals surface area (Å²) in [4.78, 5) is 13.4. The molecular weight excluding hydrogens is 335 g/mol. The molecule has 0 atom stereocenters. The van der Waals surface area contributed by atoms with Crippen LogP contribution >= 0.6 is 0 Å². The number of carbonyl (C=O) groups is 1. The zero-order chi connectivity index (χ0) is 18.8. The average Bonchev–Trinajstić information content (AvgIpc) is 2.42. The van der Waals surface area contributed by atoms with Gasteiger partial charge in [0.15, 0.2) is 0 Å². The van der Waals surface area contributed by atoms with E-state index in [1.54, 1.807) is 31.7 Å². The van der Waals surface area contributed by atoms with Crippen molar-refractivity contribution >= 4 is 12.2 Å². The maximum atomic E-state index is 12.7. The van der Waals surface area contributed by atoms with E-state index in [1.165, 1.54) is 13.2 Å². The molecule has 1 aliphatic rings. The standard InChI is InChI=1S/C18H22F3NO3/c1-17(2,3)25-16(23)22-10-12(11-22)5-6-13-7-8-14(18(19,20)21)9-15(13)24-4/h5-9,12H,10-11H2,1-4H3. The van der Waals surface area contributed by atoms with Crippen LogP contribution < -0.4 is 4.74 Å². The topological polar surface area (TPSA) is 38.8 Å². The molecule has 1 aliphatic heterocycles. The Morgan fingerprint density at radius 2 is 1.88 bits per heavy atom. The zero-order valence-electron chi connectivity index (χ0n) is 14.7. The third-order valence-electron chi connectivity index (χ3n) is 3.67. The molecule has 138 valence electrons.